The second kappa shape index (κ2) is 7.87. The van der Waals surface area contributed by atoms with Gasteiger partial charge in [0, 0.05) is 17.7 Å². The van der Waals surface area contributed by atoms with Crippen molar-refractivity contribution in [3.8, 4) is 11.5 Å². The lowest BCUT2D eigenvalue weighted by Crippen LogP contribution is -2.42. The lowest BCUT2D eigenvalue weighted by molar-refractivity contribution is 0.0846. The van der Waals surface area contributed by atoms with Crippen molar-refractivity contribution in [1.82, 2.24) is 15.6 Å². The van der Waals surface area contributed by atoms with Gasteiger partial charge in [0.15, 0.2) is 11.5 Å². The van der Waals surface area contributed by atoms with E-state index in [-0.39, 0.29) is 29.4 Å². The second-order valence-corrected chi connectivity index (χ2v) is 7.72. The number of carbonyl (C=O) groups excluding carboxylic acids is 2. The molecule has 0 aliphatic carbocycles. The Balaban J connectivity index is 1.72. The van der Waals surface area contributed by atoms with Gasteiger partial charge in [0.25, 0.3) is 11.8 Å². The Morgan fingerprint density at radius 3 is 2.46 bits per heavy atom. The molecule has 3 rings (SSSR count). The molecule has 0 spiro atoms. The zero-order valence-corrected chi connectivity index (χ0v) is 16.1. The van der Waals surface area contributed by atoms with Gasteiger partial charge in [-0.1, -0.05) is 13.0 Å². The molecule has 0 saturated heterocycles. The lowest BCUT2D eigenvalue weighted by atomic mass is 10.1. The van der Waals surface area contributed by atoms with Crippen molar-refractivity contribution in [2.75, 3.05) is 13.3 Å². The van der Waals surface area contributed by atoms with Crippen molar-refractivity contribution < 1.29 is 27.5 Å². The summed E-state index contributed by atoms with van der Waals surface area (Å²) in [6.45, 7) is 3.63. The van der Waals surface area contributed by atoms with Gasteiger partial charge in [-0.25, -0.2) is 13.1 Å². The highest BCUT2D eigenvalue weighted by molar-refractivity contribution is 7.89. The molecule has 9 nitrogen and oxygen atoms in total. The van der Waals surface area contributed by atoms with Crippen molar-refractivity contribution in [1.29, 1.82) is 0 Å². The molecule has 148 valence electrons. The van der Waals surface area contributed by atoms with Crippen LogP contribution in [0.4, 0.5) is 0 Å². The first-order valence-electron chi connectivity index (χ1n) is 8.42. The molecule has 0 saturated carbocycles. The predicted molar refractivity (Wildman–Crippen MR) is 99.5 cm³/mol. The van der Waals surface area contributed by atoms with Gasteiger partial charge in [0.1, 0.15) is 0 Å². The van der Waals surface area contributed by atoms with Gasteiger partial charge in [-0.3, -0.25) is 20.4 Å². The Bertz CT molecular complexity index is 1040. The number of carbonyl (C=O) groups is 2. The minimum absolute atomic E-state index is 0.0350. The summed E-state index contributed by atoms with van der Waals surface area (Å²) >= 11 is 0. The van der Waals surface area contributed by atoms with Crippen LogP contribution in [-0.2, 0) is 10.0 Å². The largest absolute Gasteiger partial charge is 0.454 e. The first-order valence-corrected chi connectivity index (χ1v) is 9.91. The maximum absolute atomic E-state index is 12.4. The number of hydrazine groups is 1. The van der Waals surface area contributed by atoms with Crippen LogP contribution in [-0.4, -0.2) is 33.6 Å². The number of nitrogens with one attached hydrogen (secondary N) is 3. The number of aryl methyl sites for hydroxylation is 1. The number of ether oxygens (including phenoxy) is 2. The Morgan fingerprint density at radius 1 is 1.00 bits per heavy atom. The number of benzene rings is 2. The number of sulfonamides is 1. The monoisotopic (exact) mass is 405 g/mol. The minimum Gasteiger partial charge on any atom is -0.454 e. The van der Waals surface area contributed by atoms with Gasteiger partial charge in [-0.05, 0) is 42.8 Å². The molecule has 0 atom stereocenters. The van der Waals surface area contributed by atoms with E-state index < -0.39 is 21.8 Å². The number of amides is 2. The average Bonchev–Trinajstić information content (AvgIpc) is 3.13. The van der Waals surface area contributed by atoms with Crippen LogP contribution >= 0.6 is 0 Å². The average molecular weight is 405 g/mol. The maximum Gasteiger partial charge on any atom is 0.270 e. The maximum atomic E-state index is 12.4. The van der Waals surface area contributed by atoms with Crippen molar-refractivity contribution in [3.05, 3.63) is 53.1 Å². The van der Waals surface area contributed by atoms with E-state index in [0.717, 1.165) is 0 Å². The Morgan fingerprint density at radius 2 is 1.71 bits per heavy atom. The van der Waals surface area contributed by atoms with Crippen LogP contribution in [0.3, 0.4) is 0 Å². The molecule has 1 heterocycles. The molecule has 28 heavy (non-hydrogen) atoms. The van der Waals surface area contributed by atoms with Gasteiger partial charge in [0.2, 0.25) is 16.8 Å². The van der Waals surface area contributed by atoms with E-state index in [1.54, 1.807) is 19.9 Å². The van der Waals surface area contributed by atoms with Crippen molar-refractivity contribution in [2.45, 2.75) is 18.7 Å². The smallest absolute Gasteiger partial charge is 0.270 e. The van der Waals surface area contributed by atoms with E-state index in [0.29, 0.717) is 17.1 Å². The van der Waals surface area contributed by atoms with E-state index in [4.69, 9.17) is 9.47 Å². The molecule has 1 aliphatic heterocycles. The third-order valence-corrected chi connectivity index (χ3v) is 5.57. The van der Waals surface area contributed by atoms with Crippen molar-refractivity contribution in [3.63, 3.8) is 0 Å². The molecular weight excluding hydrogens is 386 g/mol. The Kier molecular flexibility index (Phi) is 5.52. The van der Waals surface area contributed by atoms with Crippen LogP contribution in [0, 0.1) is 6.92 Å². The molecule has 0 fully saturated rings. The molecule has 0 bridgehead atoms. The molecule has 0 unspecified atom stereocenters. The summed E-state index contributed by atoms with van der Waals surface area (Å²) in [5.74, 6) is -0.216. The zero-order valence-electron chi connectivity index (χ0n) is 15.2. The van der Waals surface area contributed by atoms with Gasteiger partial charge in [0.05, 0.1) is 4.90 Å². The molecule has 3 N–H and O–H groups in total. The molecule has 10 heteroatoms. The van der Waals surface area contributed by atoms with Gasteiger partial charge in [-0.2, -0.15) is 0 Å². The molecule has 1 aliphatic rings. The Labute approximate surface area is 162 Å². The number of hydrogen-bond donors (Lipinski definition) is 3. The van der Waals surface area contributed by atoms with Crippen LogP contribution in [0.15, 0.2) is 41.3 Å². The number of fused-ring (bicyclic) bond motifs is 1. The fourth-order valence-electron chi connectivity index (χ4n) is 2.58. The van der Waals surface area contributed by atoms with E-state index in [1.807, 2.05) is 0 Å². The first-order chi connectivity index (χ1) is 13.3. The highest BCUT2D eigenvalue weighted by Crippen LogP contribution is 2.32. The van der Waals surface area contributed by atoms with Crippen molar-refractivity contribution in [2.24, 2.45) is 0 Å². The van der Waals surface area contributed by atoms with Crippen LogP contribution in [0.5, 0.6) is 11.5 Å². The highest BCUT2D eigenvalue weighted by Gasteiger charge is 2.19. The van der Waals surface area contributed by atoms with E-state index >= 15 is 0 Å². The minimum atomic E-state index is -3.71. The topological polar surface area (TPSA) is 123 Å². The van der Waals surface area contributed by atoms with Crippen molar-refractivity contribution >= 4 is 21.8 Å². The van der Waals surface area contributed by atoms with Gasteiger partial charge in [-0.15, -0.1) is 0 Å². The van der Waals surface area contributed by atoms with E-state index in [9.17, 15) is 18.0 Å². The normalized spacial score (nSPS) is 12.5. The zero-order chi connectivity index (χ0) is 20.3. The summed E-state index contributed by atoms with van der Waals surface area (Å²) < 4.78 is 37.0. The number of rotatable bonds is 5. The van der Waals surface area contributed by atoms with Crippen LogP contribution in [0.2, 0.25) is 0 Å². The summed E-state index contributed by atoms with van der Waals surface area (Å²) in [4.78, 5) is 24.7. The SMILES string of the molecule is CCNS(=O)(=O)c1ccc(C)c(C(=O)NNC(=O)c2ccc3c(c2)OCO3)c1. The Hall–Kier alpha value is -3.11. The molecule has 0 radical (unpaired) electrons. The summed E-state index contributed by atoms with van der Waals surface area (Å²) in [5.41, 5.74) is 5.55. The summed E-state index contributed by atoms with van der Waals surface area (Å²) in [6, 6.07) is 8.82. The molecule has 0 aromatic heterocycles. The highest BCUT2D eigenvalue weighted by atomic mass is 32.2. The van der Waals surface area contributed by atoms with E-state index in [2.05, 4.69) is 15.6 Å². The number of hydrogen-bond acceptors (Lipinski definition) is 6. The van der Waals surface area contributed by atoms with Crippen LogP contribution < -0.4 is 25.0 Å². The third kappa shape index (κ3) is 4.07. The fraction of sp³-hybridized carbons (Fsp3) is 0.222. The lowest BCUT2D eigenvalue weighted by Gasteiger charge is -2.11. The standard InChI is InChI=1S/C18H19N3O6S/c1-3-19-28(24,25)13-6-4-11(2)14(9-13)18(23)21-20-17(22)12-5-7-15-16(8-12)27-10-26-15/h4-9,19H,3,10H2,1-2H3,(H,20,22)(H,21,23). The van der Waals surface area contributed by atoms with E-state index in [1.165, 1.54) is 30.3 Å². The van der Waals surface area contributed by atoms with Crippen LogP contribution in [0.25, 0.3) is 0 Å². The molecule has 2 aromatic rings. The quantitative estimate of drug-likeness (QED) is 0.640. The fourth-order valence-corrected chi connectivity index (χ4v) is 3.64. The predicted octanol–water partition coefficient (Wildman–Crippen LogP) is 1.10. The first kappa shape index (κ1) is 19.6. The van der Waals surface area contributed by atoms with Gasteiger partial charge < -0.3 is 9.47 Å². The van der Waals surface area contributed by atoms with Gasteiger partial charge >= 0.3 is 0 Å². The molecular formula is C18H19N3O6S. The third-order valence-electron chi connectivity index (χ3n) is 4.02. The summed E-state index contributed by atoms with van der Waals surface area (Å²) in [5, 5.41) is 0. The molecule has 2 aromatic carbocycles. The second-order valence-electron chi connectivity index (χ2n) is 5.95. The van der Waals surface area contributed by atoms with Crippen LogP contribution in [0.1, 0.15) is 33.2 Å². The summed E-state index contributed by atoms with van der Waals surface area (Å²) in [7, 11) is -3.71. The molecule has 2 amide bonds. The summed E-state index contributed by atoms with van der Waals surface area (Å²) in [6.07, 6.45) is 0.